The largest absolute Gasteiger partial charge is 0.369 e. The van der Waals surface area contributed by atoms with Crippen molar-refractivity contribution in [2.24, 2.45) is 5.73 Å². The van der Waals surface area contributed by atoms with Crippen LogP contribution in [0.4, 0.5) is 11.6 Å². The molecule has 1 aliphatic heterocycles. The van der Waals surface area contributed by atoms with Crippen LogP contribution in [0.25, 0.3) is 11.3 Å². The number of aromatic nitrogens is 3. The number of rotatable bonds is 5. The topological polar surface area (TPSA) is 105 Å². The molecule has 0 saturated heterocycles. The number of nitrogens with zero attached hydrogens (tertiary/aromatic N) is 5. The van der Waals surface area contributed by atoms with Crippen LogP contribution in [0.2, 0.25) is 0 Å². The minimum Gasteiger partial charge on any atom is -0.369 e. The van der Waals surface area contributed by atoms with Gasteiger partial charge in [0.15, 0.2) is 0 Å². The van der Waals surface area contributed by atoms with E-state index in [0.29, 0.717) is 18.1 Å². The Morgan fingerprint density at radius 1 is 1.16 bits per heavy atom. The summed E-state index contributed by atoms with van der Waals surface area (Å²) < 4.78 is 0. The highest BCUT2D eigenvalue weighted by atomic mass is 16.1. The van der Waals surface area contributed by atoms with E-state index in [4.69, 9.17) is 5.73 Å². The van der Waals surface area contributed by atoms with E-state index >= 15 is 0 Å². The van der Waals surface area contributed by atoms with E-state index in [1.54, 1.807) is 25.2 Å². The van der Waals surface area contributed by atoms with Crippen LogP contribution in [-0.4, -0.2) is 59.2 Å². The van der Waals surface area contributed by atoms with E-state index in [1.165, 1.54) is 18.4 Å². The number of pyridine rings is 1. The Morgan fingerprint density at radius 2 is 1.91 bits per heavy atom. The van der Waals surface area contributed by atoms with Crippen molar-refractivity contribution in [2.45, 2.75) is 18.3 Å². The summed E-state index contributed by atoms with van der Waals surface area (Å²) in [6.45, 7) is 1.22. The van der Waals surface area contributed by atoms with Crippen molar-refractivity contribution in [3.05, 3.63) is 66.1 Å². The average molecular weight is 431 g/mol. The Morgan fingerprint density at radius 3 is 2.44 bits per heavy atom. The third-order valence-electron chi connectivity index (χ3n) is 5.65. The molecule has 2 aromatic heterocycles. The monoisotopic (exact) mass is 430 g/mol. The lowest BCUT2D eigenvalue weighted by Crippen LogP contribution is -2.27. The molecule has 2 N–H and O–H groups in total. The zero-order chi connectivity index (χ0) is 22.7. The van der Waals surface area contributed by atoms with Crippen LogP contribution in [0.5, 0.6) is 0 Å². The number of hydrogen-bond donors (Lipinski definition) is 1. The highest BCUT2D eigenvalue weighted by Crippen LogP contribution is 2.57. The minimum absolute atomic E-state index is 0.222. The fourth-order valence-electron chi connectivity index (χ4n) is 3.96. The number of amides is 1. The normalized spacial score (nSPS) is 15.2. The van der Waals surface area contributed by atoms with E-state index in [9.17, 15) is 9.59 Å². The van der Waals surface area contributed by atoms with Gasteiger partial charge in [-0.3, -0.25) is 14.6 Å². The molecule has 8 heteroatoms. The zero-order valence-electron chi connectivity index (χ0n) is 18.2. The van der Waals surface area contributed by atoms with Crippen molar-refractivity contribution in [1.82, 2.24) is 19.9 Å². The molecule has 1 fully saturated rings. The first-order valence-corrected chi connectivity index (χ1v) is 10.5. The quantitative estimate of drug-likeness (QED) is 0.620. The van der Waals surface area contributed by atoms with Crippen LogP contribution in [0.3, 0.4) is 0 Å². The Hall–Kier alpha value is -3.65. The Balaban J connectivity index is 0.000000307. The van der Waals surface area contributed by atoms with E-state index in [-0.39, 0.29) is 11.3 Å². The predicted molar refractivity (Wildman–Crippen MR) is 123 cm³/mol. The second kappa shape index (κ2) is 8.84. The predicted octanol–water partition coefficient (Wildman–Crippen LogP) is 2.57. The molecule has 0 unspecified atom stereocenters. The van der Waals surface area contributed by atoms with Crippen molar-refractivity contribution in [3.8, 4) is 11.3 Å². The molecule has 1 amide bonds. The van der Waals surface area contributed by atoms with Gasteiger partial charge in [0.05, 0.1) is 12.2 Å². The Kier molecular flexibility index (Phi) is 5.96. The van der Waals surface area contributed by atoms with Crippen LogP contribution in [0.1, 0.15) is 28.8 Å². The molecular weight excluding hydrogens is 404 g/mol. The standard InChI is InChI=1S/C20H16N4O.C4H10N2O/c25-12-14-4-5-16-18(9-14)24(13-20(16)6-7-20)19-22-10-15(11-23-19)17-3-1-2-8-21-17;1-6(2)3-4(5)7/h1-5,8-12H,6-7,13H2;3H2,1-2H3,(H2,5,7). The lowest BCUT2D eigenvalue weighted by molar-refractivity contribution is -0.118. The van der Waals surface area contributed by atoms with Gasteiger partial charge in [0.2, 0.25) is 11.9 Å². The zero-order valence-corrected chi connectivity index (χ0v) is 18.2. The molecule has 8 nitrogen and oxygen atoms in total. The van der Waals surface area contributed by atoms with Gasteiger partial charge in [-0.2, -0.15) is 0 Å². The molecule has 3 heterocycles. The fourth-order valence-corrected chi connectivity index (χ4v) is 3.96. The van der Waals surface area contributed by atoms with Crippen LogP contribution < -0.4 is 10.6 Å². The molecule has 5 rings (SSSR count). The van der Waals surface area contributed by atoms with E-state index in [2.05, 4.69) is 25.9 Å². The smallest absolute Gasteiger partial charge is 0.231 e. The van der Waals surface area contributed by atoms with Crippen molar-refractivity contribution in [1.29, 1.82) is 0 Å². The maximum absolute atomic E-state index is 11.2. The Bertz CT molecular complexity index is 1110. The maximum atomic E-state index is 11.2. The number of benzene rings is 1. The fraction of sp³-hybridized carbons (Fsp3) is 0.292. The summed E-state index contributed by atoms with van der Waals surface area (Å²) in [5.74, 6) is 0.387. The summed E-state index contributed by atoms with van der Waals surface area (Å²) in [5.41, 5.74) is 9.85. The summed E-state index contributed by atoms with van der Waals surface area (Å²) in [6, 6.07) is 11.7. The second-order valence-corrected chi connectivity index (χ2v) is 8.45. The number of carbonyl (C=O) groups excluding carboxylic acids is 2. The van der Waals surface area contributed by atoms with Crippen LogP contribution >= 0.6 is 0 Å². The van der Waals surface area contributed by atoms with Gasteiger partial charge in [-0.25, -0.2) is 9.97 Å². The lowest BCUT2D eigenvalue weighted by Gasteiger charge is -2.17. The molecule has 1 spiro atoms. The number of hydrogen-bond acceptors (Lipinski definition) is 7. The van der Waals surface area contributed by atoms with Crippen LogP contribution in [0.15, 0.2) is 55.0 Å². The van der Waals surface area contributed by atoms with Crippen molar-refractivity contribution < 1.29 is 9.59 Å². The number of primary amides is 1. The van der Waals surface area contributed by atoms with Crippen LogP contribution in [-0.2, 0) is 10.2 Å². The number of anilines is 2. The first kappa shape index (κ1) is 21.6. The number of likely N-dealkylation sites (N-methyl/N-ethyl adjacent to an activating group) is 1. The van der Waals surface area contributed by atoms with Gasteiger partial charge in [0.1, 0.15) is 6.29 Å². The van der Waals surface area contributed by atoms with Gasteiger partial charge in [0.25, 0.3) is 0 Å². The molecule has 32 heavy (non-hydrogen) atoms. The number of nitrogens with two attached hydrogens (primary N) is 1. The molecule has 0 bridgehead atoms. The molecular formula is C24H26N6O2. The van der Waals surface area contributed by atoms with Gasteiger partial charge in [-0.05, 0) is 50.7 Å². The van der Waals surface area contributed by atoms with Gasteiger partial charge in [-0.1, -0.05) is 18.2 Å². The third-order valence-corrected chi connectivity index (χ3v) is 5.65. The molecule has 2 aliphatic rings. The first-order chi connectivity index (χ1) is 15.4. The van der Waals surface area contributed by atoms with Crippen molar-refractivity contribution in [3.63, 3.8) is 0 Å². The van der Waals surface area contributed by atoms with E-state index < -0.39 is 0 Å². The molecule has 1 aromatic carbocycles. The lowest BCUT2D eigenvalue weighted by atomic mass is 9.98. The van der Waals surface area contributed by atoms with Crippen molar-refractivity contribution in [2.75, 3.05) is 32.1 Å². The molecule has 0 radical (unpaired) electrons. The van der Waals surface area contributed by atoms with Gasteiger partial charge in [-0.15, -0.1) is 0 Å². The number of fused-ring (bicyclic) bond motifs is 2. The van der Waals surface area contributed by atoms with Gasteiger partial charge >= 0.3 is 0 Å². The van der Waals surface area contributed by atoms with Gasteiger partial charge in [0, 0.05) is 47.4 Å². The van der Waals surface area contributed by atoms with Gasteiger partial charge < -0.3 is 15.5 Å². The van der Waals surface area contributed by atoms with E-state index in [0.717, 1.165) is 29.8 Å². The van der Waals surface area contributed by atoms with E-state index in [1.807, 2.05) is 42.7 Å². The van der Waals surface area contributed by atoms with Crippen molar-refractivity contribution >= 4 is 23.8 Å². The minimum atomic E-state index is -0.287. The van der Waals surface area contributed by atoms with Crippen LogP contribution in [0, 0.1) is 0 Å². The number of aldehydes is 1. The molecule has 0 atom stereocenters. The number of carbonyl (C=O) groups is 2. The maximum Gasteiger partial charge on any atom is 0.231 e. The molecule has 1 saturated carbocycles. The summed E-state index contributed by atoms with van der Waals surface area (Å²) in [6.07, 6.45) is 8.64. The summed E-state index contributed by atoms with van der Waals surface area (Å²) in [4.78, 5) is 38.5. The summed E-state index contributed by atoms with van der Waals surface area (Å²) in [7, 11) is 3.59. The SMILES string of the molecule is CN(C)CC(N)=O.O=Cc1ccc2c(c1)N(c1ncc(-c3ccccn3)cn1)CC21CC1. The average Bonchev–Trinajstić information content (AvgIpc) is 3.50. The molecule has 1 aliphatic carbocycles. The second-order valence-electron chi connectivity index (χ2n) is 8.45. The summed E-state index contributed by atoms with van der Waals surface area (Å²) >= 11 is 0. The highest BCUT2D eigenvalue weighted by Gasteiger charge is 2.52. The summed E-state index contributed by atoms with van der Waals surface area (Å²) in [5, 5.41) is 0. The molecule has 3 aromatic rings. The Labute approximate surface area is 187 Å². The molecule has 164 valence electrons. The highest BCUT2D eigenvalue weighted by molar-refractivity contribution is 5.81. The first-order valence-electron chi connectivity index (χ1n) is 10.5. The third kappa shape index (κ3) is 4.50.